The highest BCUT2D eigenvalue weighted by Gasteiger charge is 2.23. The first-order chi connectivity index (χ1) is 8.39. The largest absolute Gasteiger partial charge is 0.252 e. The maximum atomic E-state index is 12.2. The fourth-order valence-electron chi connectivity index (χ4n) is 1.36. The molecule has 2 rings (SSSR count). The van der Waals surface area contributed by atoms with Gasteiger partial charge in [-0.1, -0.05) is 11.6 Å². The molecule has 0 aromatic carbocycles. The van der Waals surface area contributed by atoms with Crippen molar-refractivity contribution in [2.45, 2.75) is 10.8 Å². The molecule has 0 spiro atoms. The summed E-state index contributed by atoms with van der Waals surface area (Å²) in [5.74, 6) is 0. The molecule has 2 heterocycles. The second kappa shape index (κ2) is 5.60. The number of hydrogen-bond acceptors (Lipinski definition) is 4. The molecule has 0 atom stereocenters. The van der Waals surface area contributed by atoms with E-state index < -0.39 is 10.0 Å². The summed E-state index contributed by atoms with van der Waals surface area (Å²) in [6.07, 6.45) is 0. The maximum absolute atomic E-state index is 12.2. The molecular formula is C10H9BrClNO2S3. The van der Waals surface area contributed by atoms with Crippen LogP contribution >= 0.6 is 50.2 Å². The Hall–Kier alpha value is 0.0800. The molecule has 0 fully saturated rings. The van der Waals surface area contributed by atoms with E-state index >= 15 is 0 Å². The van der Waals surface area contributed by atoms with Gasteiger partial charge in [0.25, 0.3) is 10.0 Å². The zero-order valence-corrected chi connectivity index (χ0v) is 14.1. The van der Waals surface area contributed by atoms with Crippen molar-refractivity contribution < 1.29 is 8.42 Å². The average Bonchev–Trinajstić information content (AvgIpc) is 2.88. The second-order valence-electron chi connectivity index (χ2n) is 3.58. The molecule has 0 saturated heterocycles. The zero-order chi connectivity index (χ0) is 13.3. The third kappa shape index (κ3) is 3.15. The number of rotatable bonds is 4. The Morgan fingerprint density at radius 1 is 1.44 bits per heavy atom. The van der Waals surface area contributed by atoms with Gasteiger partial charge in [-0.15, -0.1) is 22.7 Å². The van der Waals surface area contributed by atoms with Crippen LogP contribution in [0.4, 0.5) is 0 Å². The summed E-state index contributed by atoms with van der Waals surface area (Å²) in [7, 11) is -1.89. The quantitative estimate of drug-likeness (QED) is 0.795. The van der Waals surface area contributed by atoms with Gasteiger partial charge in [-0.05, 0) is 45.1 Å². The lowest BCUT2D eigenvalue weighted by molar-refractivity contribution is 0.469. The molecule has 98 valence electrons. The molecule has 2 aromatic heterocycles. The van der Waals surface area contributed by atoms with Crippen LogP contribution in [0, 0.1) is 0 Å². The van der Waals surface area contributed by atoms with Crippen molar-refractivity contribution in [3.63, 3.8) is 0 Å². The molecule has 18 heavy (non-hydrogen) atoms. The van der Waals surface area contributed by atoms with E-state index in [4.69, 9.17) is 11.6 Å². The van der Waals surface area contributed by atoms with Crippen LogP contribution < -0.4 is 0 Å². The Morgan fingerprint density at radius 2 is 2.17 bits per heavy atom. The molecule has 0 aliphatic heterocycles. The highest BCUT2D eigenvalue weighted by molar-refractivity contribution is 9.11. The minimum atomic E-state index is -3.45. The summed E-state index contributed by atoms with van der Waals surface area (Å²) in [6.45, 7) is 0.347. The Bertz CT molecular complexity index is 650. The molecule has 0 aliphatic carbocycles. The van der Waals surface area contributed by atoms with Crippen molar-refractivity contribution in [2.24, 2.45) is 0 Å². The van der Waals surface area contributed by atoms with Gasteiger partial charge in [-0.2, -0.15) is 4.31 Å². The lowest BCUT2D eigenvalue weighted by atomic mass is 10.3. The molecule has 0 amide bonds. The highest BCUT2D eigenvalue weighted by atomic mass is 79.9. The number of sulfonamides is 1. The number of nitrogens with zero attached hydrogens (tertiary/aromatic N) is 1. The van der Waals surface area contributed by atoms with E-state index in [0.29, 0.717) is 10.9 Å². The first-order valence-electron chi connectivity index (χ1n) is 4.84. The van der Waals surface area contributed by atoms with Gasteiger partial charge in [-0.3, -0.25) is 0 Å². The minimum absolute atomic E-state index is 0.268. The maximum Gasteiger partial charge on any atom is 0.252 e. The third-order valence-corrected chi connectivity index (χ3v) is 7.30. The monoisotopic (exact) mass is 385 g/mol. The molecular weight excluding hydrogens is 378 g/mol. The van der Waals surface area contributed by atoms with Crippen LogP contribution in [-0.4, -0.2) is 19.8 Å². The minimum Gasteiger partial charge on any atom is -0.206 e. The fourth-order valence-corrected chi connectivity index (χ4v) is 5.41. The highest BCUT2D eigenvalue weighted by Crippen LogP contribution is 2.29. The predicted octanol–water partition coefficient (Wildman–Crippen LogP) is 4.05. The van der Waals surface area contributed by atoms with Gasteiger partial charge in [0.15, 0.2) is 0 Å². The van der Waals surface area contributed by atoms with Crippen LogP contribution in [0.3, 0.4) is 0 Å². The van der Waals surface area contributed by atoms with Crippen molar-refractivity contribution in [1.82, 2.24) is 4.31 Å². The summed E-state index contributed by atoms with van der Waals surface area (Å²) in [4.78, 5) is 0. The van der Waals surface area contributed by atoms with Crippen molar-refractivity contribution in [1.29, 1.82) is 0 Å². The normalized spacial score (nSPS) is 12.2. The SMILES string of the molecule is CN(Cc1csc(Br)c1)S(=O)(=O)c1ccc(Cl)s1. The summed E-state index contributed by atoms with van der Waals surface area (Å²) >= 11 is 11.7. The molecule has 2 aromatic rings. The van der Waals surface area contributed by atoms with Crippen LogP contribution in [0.25, 0.3) is 0 Å². The molecule has 3 nitrogen and oxygen atoms in total. The van der Waals surface area contributed by atoms with E-state index in [9.17, 15) is 8.42 Å². The third-order valence-electron chi connectivity index (χ3n) is 2.24. The summed E-state index contributed by atoms with van der Waals surface area (Å²) in [5, 5.41) is 1.93. The lowest BCUT2D eigenvalue weighted by Gasteiger charge is -2.14. The summed E-state index contributed by atoms with van der Waals surface area (Å²) in [5.41, 5.74) is 0.959. The van der Waals surface area contributed by atoms with Crippen LogP contribution in [-0.2, 0) is 16.6 Å². The topological polar surface area (TPSA) is 37.4 Å². The van der Waals surface area contributed by atoms with Crippen molar-refractivity contribution >= 4 is 60.2 Å². The van der Waals surface area contributed by atoms with E-state index in [1.54, 1.807) is 13.1 Å². The van der Waals surface area contributed by atoms with Gasteiger partial charge < -0.3 is 0 Å². The molecule has 8 heteroatoms. The average molecular weight is 387 g/mol. The summed E-state index contributed by atoms with van der Waals surface area (Å²) < 4.78 is 27.5. The predicted molar refractivity (Wildman–Crippen MR) is 80.0 cm³/mol. The van der Waals surface area contributed by atoms with E-state index in [-0.39, 0.29) is 4.21 Å². The Kier molecular flexibility index (Phi) is 4.51. The van der Waals surface area contributed by atoms with Crippen molar-refractivity contribution in [3.8, 4) is 0 Å². The Morgan fingerprint density at radius 3 is 2.67 bits per heavy atom. The smallest absolute Gasteiger partial charge is 0.206 e. The van der Waals surface area contributed by atoms with Crippen LogP contribution in [0.5, 0.6) is 0 Å². The standard InChI is InChI=1S/C10H9BrClNO2S3/c1-13(5-7-4-8(11)16-6-7)18(14,15)10-3-2-9(12)17-10/h2-4,6H,5H2,1H3. The Balaban J connectivity index is 2.20. The molecule has 0 aliphatic rings. The van der Waals surface area contributed by atoms with Crippen molar-refractivity contribution in [3.05, 3.63) is 37.3 Å². The van der Waals surface area contributed by atoms with Gasteiger partial charge >= 0.3 is 0 Å². The van der Waals surface area contributed by atoms with Crippen LogP contribution in [0.2, 0.25) is 4.34 Å². The zero-order valence-electron chi connectivity index (χ0n) is 9.26. The van der Waals surface area contributed by atoms with Crippen molar-refractivity contribution in [2.75, 3.05) is 7.05 Å². The van der Waals surface area contributed by atoms with E-state index in [2.05, 4.69) is 15.9 Å². The molecule has 0 radical (unpaired) electrons. The number of thiophene rings is 2. The van der Waals surface area contributed by atoms with Gasteiger partial charge in [0, 0.05) is 13.6 Å². The van der Waals surface area contributed by atoms with E-state index in [1.165, 1.54) is 21.7 Å². The van der Waals surface area contributed by atoms with Crippen LogP contribution in [0.1, 0.15) is 5.56 Å². The lowest BCUT2D eigenvalue weighted by Crippen LogP contribution is -2.25. The van der Waals surface area contributed by atoms with Gasteiger partial charge in [0.05, 0.1) is 8.12 Å². The molecule has 0 saturated carbocycles. The first-order valence-corrected chi connectivity index (χ1v) is 9.15. The molecule has 0 bridgehead atoms. The molecule has 0 N–H and O–H groups in total. The summed E-state index contributed by atoms with van der Waals surface area (Å²) in [6, 6.07) is 5.04. The first kappa shape index (κ1) is 14.5. The van der Waals surface area contributed by atoms with E-state index in [1.807, 2.05) is 11.4 Å². The van der Waals surface area contributed by atoms with Gasteiger partial charge in [0.1, 0.15) is 4.21 Å². The Labute approximate surface area is 127 Å². The van der Waals surface area contributed by atoms with Gasteiger partial charge in [-0.25, -0.2) is 8.42 Å². The number of hydrogen-bond donors (Lipinski definition) is 0. The number of halogens is 2. The van der Waals surface area contributed by atoms with E-state index in [0.717, 1.165) is 20.7 Å². The van der Waals surface area contributed by atoms with Gasteiger partial charge in [0.2, 0.25) is 0 Å². The second-order valence-corrected chi connectivity index (χ2v) is 9.86. The molecule has 0 unspecified atom stereocenters. The van der Waals surface area contributed by atoms with Crippen LogP contribution in [0.15, 0.2) is 31.6 Å². The fraction of sp³-hybridized carbons (Fsp3) is 0.200.